The van der Waals surface area contributed by atoms with E-state index < -0.39 is 0 Å². The highest BCUT2D eigenvalue weighted by Crippen LogP contribution is 2.33. The fourth-order valence-corrected chi connectivity index (χ4v) is 2.00. The number of pyridine rings is 1. The van der Waals surface area contributed by atoms with Gasteiger partial charge in [-0.1, -0.05) is 23.2 Å². The van der Waals surface area contributed by atoms with E-state index in [9.17, 15) is 0 Å². The van der Waals surface area contributed by atoms with Gasteiger partial charge in [-0.3, -0.25) is 0 Å². The SMILES string of the molecule is CCNc1nccc2c(Cl)ccc(Cl)c12. The Balaban J connectivity index is 2.78. The van der Waals surface area contributed by atoms with E-state index in [0.717, 1.165) is 23.1 Å². The normalized spacial score (nSPS) is 10.6. The molecular formula is C11H10Cl2N2. The first kappa shape index (κ1) is 10.5. The van der Waals surface area contributed by atoms with Gasteiger partial charge in [0, 0.05) is 28.5 Å². The Labute approximate surface area is 98.2 Å². The smallest absolute Gasteiger partial charge is 0.135 e. The fraction of sp³-hybridized carbons (Fsp3) is 0.182. The second-order valence-electron chi connectivity index (χ2n) is 3.14. The zero-order valence-electron chi connectivity index (χ0n) is 8.22. The quantitative estimate of drug-likeness (QED) is 0.860. The Morgan fingerprint density at radius 3 is 2.67 bits per heavy atom. The predicted octanol–water partition coefficient (Wildman–Crippen LogP) is 3.97. The molecule has 1 aromatic carbocycles. The Morgan fingerprint density at radius 1 is 1.20 bits per heavy atom. The molecule has 0 saturated carbocycles. The molecule has 1 N–H and O–H groups in total. The van der Waals surface area contributed by atoms with Gasteiger partial charge in [-0.05, 0) is 25.1 Å². The van der Waals surface area contributed by atoms with Gasteiger partial charge in [0.1, 0.15) is 5.82 Å². The molecule has 0 aliphatic carbocycles. The van der Waals surface area contributed by atoms with Gasteiger partial charge in [0.05, 0.1) is 5.02 Å². The van der Waals surface area contributed by atoms with E-state index in [4.69, 9.17) is 23.2 Å². The van der Waals surface area contributed by atoms with Crippen molar-refractivity contribution in [1.82, 2.24) is 4.98 Å². The lowest BCUT2D eigenvalue weighted by Gasteiger charge is -2.08. The molecule has 2 aromatic rings. The van der Waals surface area contributed by atoms with Crippen LogP contribution in [0.3, 0.4) is 0 Å². The van der Waals surface area contributed by atoms with Crippen LogP contribution in [-0.4, -0.2) is 11.5 Å². The minimum atomic E-state index is 0.665. The van der Waals surface area contributed by atoms with Gasteiger partial charge in [-0.25, -0.2) is 4.98 Å². The van der Waals surface area contributed by atoms with E-state index in [1.165, 1.54) is 0 Å². The number of nitrogens with zero attached hydrogens (tertiary/aromatic N) is 1. The Bertz CT molecular complexity index is 497. The predicted molar refractivity (Wildman–Crippen MR) is 65.9 cm³/mol. The van der Waals surface area contributed by atoms with Gasteiger partial charge >= 0.3 is 0 Å². The van der Waals surface area contributed by atoms with Crippen LogP contribution in [0.5, 0.6) is 0 Å². The van der Waals surface area contributed by atoms with Crippen LogP contribution in [0.4, 0.5) is 5.82 Å². The maximum Gasteiger partial charge on any atom is 0.135 e. The molecule has 0 unspecified atom stereocenters. The minimum absolute atomic E-state index is 0.665. The molecule has 78 valence electrons. The summed E-state index contributed by atoms with van der Waals surface area (Å²) in [4.78, 5) is 4.24. The summed E-state index contributed by atoms with van der Waals surface area (Å²) in [6, 6.07) is 5.45. The summed E-state index contributed by atoms with van der Waals surface area (Å²) in [6.07, 6.45) is 1.72. The molecule has 1 aromatic heterocycles. The number of aromatic nitrogens is 1. The third-order valence-corrected chi connectivity index (χ3v) is 2.81. The van der Waals surface area contributed by atoms with Crippen molar-refractivity contribution in [1.29, 1.82) is 0 Å². The molecule has 0 bridgehead atoms. The average molecular weight is 241 g/mol. The first-order chi connectivity index (χ1) is 7.24. The third kappa shape index (κ3) is 1.87. The Kier molecular flexibility index (Phi) is 2.98. The number of benzene rings is 1. The number of fused-ring (bicyclic) bond motifs is 1. The van der Waals surface area contributed by atoms with Crippen LogP contribution in [0.25, 0.3) is 10.8 Å². The van der Waals surface area contributed by atoms with Crippen molar-refractivity contribution in [3.63, 3.8) is 0 Å². The zero-order chi connectivity index (χ0) is 10.8. The van der Waals surface area contributed by atoms with Gasteiger partial charge < -0.3 is 5.32 Å². The summed E-state index contributed by atoms with van der Waals surface area (Å²) in [6.45, 7) is 2.81. The summed E-state index contributed by atoms with van der Waals surface area (Å²) >= 11 is 12.2. The van der Waals surface area contributed by atoms with Crippen LogP contribution in [0, 0.1) is 0 Å². The van der Waals surface area contributed by atoms with Crippen LogP contribution < -0.4 is 5.32 Å². The van der Waals surface area contributed by atoms with Crippen LogP contribution in [0.1, 0.15) is 6.92 Å². The number of halogens is 2. The van der Waals surface area contributed by atoms with E-state index in [2.05, 4.69) is 10.3 Å². The number of anilines is 1. The highest BCUT2D eigenvalue weighted by Gasteiger charge is 2.08. The van der Waals surface area contributed by atoms with Crippen LogP contribution in [0.15, 0.2) is 24.4 Å². The minimum Gasteiger partial charge on any atom is -0.370 e. The van der Waals surface area contributed by atoms with E-state index in [1.54, 1.807) is 18.3 Å². The molecule has 0 amide bonds. The Hall–Kier alpha value is -0.990. The number of hydrogen-bond acceptors (Lipinski definition) is 2. The number of hydrogen-bond donors (Lipinski definition) is 1. The molecular weight excluding hydrogens is 231 g/mol. The average Bonchev–Trinajstić information content (AvgIpc) is 2.24. The molecule has 0 aliphatic rings. The second-order valence-corrected chi connectivity index (χ2v) is 3.96. The lowest BCUT2D eigenvalue weighted by molar-refractivity contribution is 1.17. The summed E-state index contributed by atoms with van der Waals surface area (Å²) in [5, 5.41) is 6.33. The molecule has 2 rings (SSSR count). The maximum atomic E-state index is 6.13. The molecule has 0 saturated heterocycles. The van der Waals surface area contributed by atoms with E-state index in [-0.39, 0.29) is 0 Å². The van der Waals surface area contributed by atoms with Gasteiger partial charge in [-0.2, -0.15) is 0 Å². The topological polar surface area (TPSA) is 24.9 Å². The van der Waals surface area contributed by atoms with Crippen LogP contribution in [-0.2, 0) is 0 Å². The van der Waals surface area contributed by atoms with Crippen LogP contribution in [0.2, 0.25) is 10.0 Å². The summed E-state index contributed by atoms with van der Waals surface area (Å²) in [5.74, 6) is 0.780. The summed E-state index contributed by atoms with van der Waals surface area (Å²) in [5.41, 5.74) is 0. The monoisotopic (exact) mass is 240 g/mol. The molecule has 0 radical (unpaired) electrons. The van der Waals surface area contributed by atoms with Gasteiger partial charge in [0.15, 0.2) is 0 Å². The van der Waals surface area contributed by atoms with Crippen molar-refractivity contribution in [2.75, 3.05) is 11.9 Å². The zero-order valence-corrected chi connectivity index (χ0v) is 9.73. The molecule has 1 heterocycles. The first-order valence-electron chi connectivity index (χ1n) is 4.70. The van der Waals surface area contributed by atoms with Crippen molar-refractivity contribution in [3.05, 3.63) is 34.4 Å². The van der Waals surface area contributed by atoms with Crippen LogP contribution >= 0.6 is 23.2 Å². The fourth-order valence-electron chi connectivity index (χ4n) is 1.52. The van der Waals surface area contributed by atoms with Crippen molar-refractivity contribution >= 4 is 39.8 Å². The molecule has 4 heteroatoms. The molecule has 2 nitrogen and oxygen atoms in total. The van der Waals surface area contributed by atoms with E-state index in [1.807, 2.05) is 13.0 Å². The second kappa shape index (κ2) is 4.25. The van der Waals surface area contributed by atoms with Crippen molar-refractivity contribution in [2.45, 2.75) is 6.92 Å². The van der Waals surface area contributed by atoms with Crippen molar-refractivity contribution in [3.8, 4) is 0 Å². The maximum absolute atomic E-state index is 6.13. The lowest BCUT2D eigenvalue weighted by atomic mass is 10.1. The van der Waals surface area contributed by atoms with E-state index in [0.29, 0.717) is 10.0 Å². The highest BCUT2D eigenvalue weighted by atomic mass is 35.5. The van der Waals surface area contributed by atoms with Crippen molar-refractivity contribution < 1.29 is 0 Å². The molecule has 0 atom stereocenters. The van der Waals surface area contributed by atoms with Gasteiger partial charge in [-0.15, -0.1) is 0 Å². The number of nitrogens with one attached hydrogen (secondary N) is 1. The molecule has 0 fully saturated rings. The van der Waals surface area contributed by atoms with Gasteiger partial charge in [0.2, 0.25) is 0 Å². The van der Waals surface area contributed by atoms with Crippen molar-refractivity contribution in [2.24, 2.45) is 0 Å². The first-order valence-corrected chi connectivity index (χ1v) is 5.46. The summed E-state index contributed by atoms with van der Waals surface area (Å²) in [7, 11) is 0. The number of rotatable bonds is 2. The summed E-state index contributed by atoms with van der Waals surface area (Å²) < 4.78 is 0. The standard InChI is InChI=1S/C11H10Cl2N2/c1-2-14-11-10-7(5-6-15-11)8(12)3-4-9(10)13/h3-6H,2H2,1H3,(H,14,15). The third-order valence-electron chi connectivity index (χ3n) is 2.17. The highest BCUT2D eigenvalue weighted by molar-refractivity contribution is 6.41. The van der Waals surface area contributed by atoms with Gasteiger partial charge in [0.25, 0.3) is 0 Å². The molecule has 0 aliphatic heterocycles. The lowest BCUT2D eigenvalue weighted by Crippen LogP contribution is -1.99. The molecule has 0 spiro atoms. The largest absolute Gasteiger partial charge is 0.370 e. The van der Waals surface area contributed by atoms with E-state index >= 15 is 0 Å². The Morgan fingerprint density at radius 2 is 1.93 bits per heavy atom. The molecule has 15 heavy (non-hydrogen) atoms.